The molecule has 0 spiro atoms. The Labute approximate surface area is 146 Å². The normalized spacial score (nSPS) is 11.4. The Hall–Kier alpha value is -1.82. The van der Waals surface area contributed by atoms with Gasteiger partial charge in [-0.15, -0.1) is 0 Å². The van der Waals surface area contributed by atoms with Crippen molar-refractivity contribution >= 4 is 21.5 Å². The minimum absolute atomic E-state index is 1.19. The van der Waals surface area contributed by atoms with Crippen LogP contribution in [0.5, 0.6) is 0 Å². The van der Waals surface area contributed by atoms with Crippen molar-refractivity contribution in [2.45, 2.75) is 64.7 Å². The molecular weight excluding hydrogens is 288 g/mol. The molecule has 0 heterocycles. The molecule has 0 amide bonds. The van der Waals surface area contributed by atoms with Crippen LogP contribution in [0.1, 0.15) is 63.9 Å². The number of aryl methyl sites for hydroxylation is 1. The second kappa shape index (κ2) is 8.87. The minimum atomic E-state index is 1.19. The predicted octanol–water partition coefficient (Wildman–Crippen LogP) is 7.48. The summed E-state index contributed by atoms with van der Waals surface area (Å²) < 4.78 is 0. The summed E-state index contributed by atoms with van der Waals surface area (Å²) in [6, 6.07) is 21.2. The first-order valence-corrected chi connectivity index (χ1v) is 9.71. The summed E-state index contributed by atoms with van der Waals surface area (Å²) in [6.45, 7) is 2.28. The zero-order valence-corrected chi connectivity index (χ0v) is 15.0. The first kappa shape index (κ1) is 17.0. The van der Waals surface area contributed by atoms with E-state index in [2.05, 4.69) is 61.5 Å². The van der Waals surface area contributed by atoms with Crippen LogP contribution in [-0.4, -0.2) is 0 Å². The number of hydrogen-bond acceptors (Lipinski definition) is 0. The summed E-state index contributed by atoms with van der Waals surface area (Å²) in [4.78, 5) is 0. The first-order valence-electron chi connectivity index (χ1n) is 9.71. The van der Waals surface area contributed by atoms with Crippen LogP contribution in [0.4, 0.5) is 0 Å². The number of fused-ring (bicyclic) bond motifs is 2. The first-order chi connectivity index (χ1) is 11.9. The monoisotopic (exact) mass is 317 g/mol. The molecule has 0 nitrogen and oxygen atoms in total. The van der Waals surface area contributed by atoms with E-state index in [0.717, 1.165) is 0 Å². The lowest BCUT2D eigenvalue weighted by atomic mass is 9.96. The highest BCUT2D eigenvalue weighted by Crippen LogP contribution is 2.26. The Bertz CT molecular complexity index is 769. The Balaban J connectivity index is 1.59. The van der Waals surface area contributed by atoms with Gasteiger partial charge in [-0.3, -0.25) is 0 Å². The van der Waals surface area contributed by atoms with Crippen LogP contribution in [0.2, 0.25) is 0 Å². The molecular formula is C24H29. The minimum Gasteiger partial charge on any atom is -0.0654 e. The molecule has 0 N–H and O–H groups in total. The maximum Gasteiger partial charge on any atom is -0.00142 e. The van der Waals surface area contributed by atoms with Gasteiger partial charge in [-0.1, -0.05) is 94.3 Å². The van der Waals surface area contributed by atoms with Gasteiger partial charge in [-0.2, -0.15) is 0 Å². The zero-order valence-electron chi connectivity index (χ0n) is 15.0. The Kier molecular flexibility index (Phi) is 6.29. The third-order valence-electron chi connectivity index (χ3n) is 5.03. The fourth-order valence-corrected chi connectivity index (χ4v) is 3.60. The van der Waals surface area contributed by atoms with Crippen molar-refractivity contribution in [3.63, 3.8) is 0 Å². The van der Waals surface area contributed by atoms with Crippen LogP contribution in [0.15, 0.2) is 48.5 Å². The predicted molar refractivity (Wildman–Crippen MR) is 107 cm³/mol. The lowest BCUT2D eigenvalue weighted by molar-refractivity contribution is 0.576. The number of hydrogen-bond donors (Lipinski definition) is 0. The average Bonchev–Trinajstić information content (AvgIpc) is 2.62. The largest absolute Gasteiger partial charge is 0.0654 e. The zero-order chi connectivity index (χ0) is 16.6. The summed E-state index contributed by atoms with van der Waals surface area (Å²) in [5, 5.41) is 5.16. The van der Waals surface area contributed by atoms with E-state index in [0.29, 0.717) is 0 Å². The number of rotatable bonds is 9. The molecule has 0 atom stereocenters. The van der Waals surface area contributed by atoms with E-state index in [9.17, 15) is 0 Å². The molecule has 0 aliphatic carbocycles. The highest BCUT2D eigenvalue weighted by molar-refractivity contribution is 5.98. The molecule has 0 saturated heterocycles. The molecule has 3 rings (SSSR count). The molecule has 0 aliphatic heterocycles. The standard InChI is InChI=1S/C24H29/c1-2-3-4-5-6-7-8-9-13-20-16-12-17-23-18-21-14-10-11-15-22(21)19-24(20)23/h10-12,14-17,19H,2-9,13H2,1H3. The van der Waals surface area contributed by atoms with Crippen molar-refractivity contribution in [3.05, 3.63) is 60.2 Å². The summed E-state index contributed by atoms with van der Waals surface area (Å²) in [6.07, 6.45) is 12.2. The SMILES string of the molecule is CCCCCCCCCCc1cccc2[c]c3ccccc3cc12. The number of unbranched alkanes of at least 4 members (excludes halogenated alkanes) is 7. The van der Waals surface area contributed by atoms with Gasteiger partial charge >= 0.3 is 0 Å². The van der Waals surface area contributed by atoms with Gasteiger partial charge < -0.3 is 0 Å². The van der Waals surface area contributed by atoms with E-state index in [1.165, 1.54) is 84.9 Å². The van der Waals surface area contributed by atoms with Crippen molar-refractivity contribution in [1.29, 1.82) is 0 Å². The molecule has 1 radical (unpaired) electrons. The van der Waals surface area contributed by atoms with Crippen LogP contribution in [0.3, 0.4) is 0 Å². The summed E-state index contributed by atoms with van der Waals surface area (Å²) in [5.41, 5.74) is 1.49. The second-order valence-corrected chi connectivity index (χ2v) is 6.96. The van der Waals surface area contributed by atoms with Crippen LogP contribution in [0, 0.1) is 6.07 Å². The molecule has 3 aromatic carbocycles. The van der Waals surface area contributed by atoms with Gasteiger partial charge in [-0.05, 0) is 52.1 Å². The maximum absolute atomic E-state index is 3.58. The quantitative estimate of drug-likeness (QED) is 0.283. The van der Waals surface area contributed by atoms with Crippen LogP contribution in [0.25, 0.3) is 21.5 Å². The number of benzene rings is 3. The Morgan fingerprint density at radius 3 is 2.25 bits per heavy atom. The Morgan fingerprint density at radius 2 is 1.42 bits per heavy atom. The van der Waals surface area contributed by atoms with Crippen molar-refractivity contribution in [2.75, 3.05) is 0 Å². The van der Waals surface area contributed by atoms with Crippen LogP contribution >= 0.6 is 0 Å². The fourth-order valence-electron chi connectivity index (χ4n) is 3.60. The summed E-state index contributed by atoms with van der Waals surface area (Å²) >= 11 is 0. The summed E-state index contributed by atoms with van der Waals surface area (Å²) in [7, 11) is 0. The molecule has 125 valence electrons. The van der Waals surface area contributed by atoms with E-state index >= 15 is 0 Å². The van der Waals surface area contributed by atoms with Gasteiger partial charge in [0.1, 0.15) is 0 Å². The maximum atomic E-state index is 3.58. The molecule has 24 heavy (non-hydrogen) atoms. The summed E-state index contributed by atoms with van der Waals surface area (Å²) in [5.74, 6) is 0. The van der Waals surface area contributed by atoms with E-state index in [-0.39, 0.29) is 0 Å². The lowest BCUT2D eigenvalue weighted by Gasteiger charge is -2.08. The highest BCUT2D eigenvalue weighted by Gasteiger charge is 2.03. The molecule has 0 aromatic heterocycles. The van der Waals surface area contributed by atoms with Gasteiger partial charge in [0.15, 0.2) is 0 Å². The van der Waals surface area contributed by atoms with Gasteiger partial charge in [-0.25, -0.2) is 0 Å². The van der Waals surface area contributed by atoms with Gasteiger partial charge in [0, 0.05) is 0 Å². The molecule has 0 unspecified atom stereocenters. The van der Waals surface area contributed by atoms with E-state index < -0.39 is 0 Å². The lowest BCUT2D eigenvalue weighted by Crippen LogP contribution is -1.89. The molecule has 0 heteroatoms. The molecule has 0 fully saturated rings. The smallest absolute Gasteiger partial charge is 0.00142 e. The third kappa shape index (κ3) is 4.38. The highest BCUT2D eigenvalue weighted by atomic mass is 14.1. The second-order valence-electron chi connectivity index (χ2n) is 6.96. The Morgan fingerprint density at radius 1 is 0.708 bits per heavy atom. The van der Waals surface area contributed by atoms with Gasteiger partial charge in [0.25, 0.3) is 0 Å². The molecule has 0 bridgehead atoms. The van der Waals surface area contributed by atoms with Crippen molar-refractivity contribution in [2.24, 2.45) is 0 Å². The topological polar surface area (TPSA) is 0 Å². The van der Waals surface area contributed by atoms with Crippen molar-refractivity contribution in [3.8, 4) is 0 Å². The fraction of sp³-hybridized carbons (Fsp3) is 0.417. The van der Waals surface area contributed by atoms with E-state index in [4.69, 9.17) is 0 Å². The molecule has 0 aliphatic rings. The molecule has 0 saturated carbocycles. The van der Waals surface area contributed by atoms with E-state index in [1.54, 1.807) is 0 Å². The van der Waals surface area contributed by atoms with E-state index in [1.807, 2.05) is 0 Å². The van der Waals surface area contributed by atoms with Gasteiger partial charge in [0.05, 0.1) is 0 Å². The van der Waals surface area contributed by atoms with Crippen molar-refractivity contribution in [1.82, 2.24) is 0 Å². The van der Waals surface area contributed by atoms with Crippen molar-refractivity contribution < 1.29 is 0 Å². The molecule has 3 aromatic rings. The third-order valence-corrected chi connectivity index (χ3v) is 5.03. The van der Waals surface area contributed by atoms with Crippen LogP contribution in [-0.2, 0) is 6.42 Å². The van der Waals surface area contributed by atoms with Gasteiger partial charge in [0.2, 0.25) is 0 Å². The van der Waals surface area contributed by atoms with Crippen LogP contribution < -0.4 is 0 Å². The average molecular weight is 317 g/mol.